The van der Waals surface area contributed by atoms with Crippen LogP contribution in [0.2, 0.25) is 0 Å². The average Bonchev–Trinajstić information content (AvgIpc) is 3.53. The summed E-state index contributed by atoms with van der Waals surface area (Å²) >= 11 is 0. The second-order valence-corrected chi connectivity index (χ2v) is 11.5. The van der Waals surface area contributed by atoms with Crippen molar-refractivity contribution in [3.8, 4) is 0 Å². The van der Waals surface area contributed by atoms with E-state index >= 15 is 0 Å². The quantitative estimate of drug-likeness (QED) is 0.347. The number of rotatable bonds is 9. The number of aliphatic hydroxyl groups is 1. The third-order valence-electron chi connectivity index (χ3n) is 9.30. The van der Waals surface area contributed by atoms with Crippen molar-refractivity contribution in [1.82, 2.24) is 4.98 Å². The smallest absolute Gasteiger partial charge is 0.355 e. The van der Waals surface area contributed by atoms with Crippen LogP contribution in [0.1, 0.15) is 30.8 Å². The first-order chi connectivity index (χ1) is 19.3. The van der Waals surface area contributed by atoms with Crippen molar-refractivity contribution in [2.24, 2.45) is 35.5 Å². The van der Waals surface area contributed by atoms with Crippen molar-refractivity contribution in [2.45, 2.75) is 50.3 Å². The normalized spacial score (nSPS) is 41.6. The van der Waals surface area contributed by atoms with Gasteiger partial charge < -0.3 is 38.5 Å². The summed E-state index contributed by atoms with van der Waals surface area (Å²) in [5.74, 6) is -3.31. The molecule has 0 radical (unpaired) electrons. The Kier molecular flexibility index (Phi) is 8.54. The van der Waals surface area contributed by atoms with Crippen LogP contribution in [-0.2, 0) is 33.2 Å². The van der Waals surface area contributed by atoms with E-state index in [1.807, 2.05) is 26.0 Å². The van der Waals surface area contributed by atoms with E-state index in [0.717, 1.165) is 5.57 Å². The molecule has 1 spiro atoms. The number of carbonyl (C=O) groups is 2. The van der Waals surface area contributed by atoms with Crippen LogP contribution in [-0.4, -0.2) is 93.2 Å². The van der Waals surface area contributed by atoms with Crippen LogP contribution >= 0.6 is 0 Å². The predicted molar refractivity (Wildman–Crippen MR) is 143 cm³/mol. The third-order valence-corrected chi connectivity index (χ3v) is 9.30. The molecule has 1 aromatic heterocycles. The molecule has 10 heteroatoms. The molecule has 40 heavy (non-hydrogen) atoms. The lowest BCUT2D eigenvalue weighted by Crippen LogP contribution is -2.59. The van der Waals surface area contributed by atoms with E-state index < -0.39 is 47.6 Å². The van der Waals surface area contributed by atoms with Crippen molar-refractivity contribution >= 4 is 11.9 Å². The second kappa shape index (κ2) is 11.8. The molecule has 4 bridgehead atoms. The minimum atomic E-state index is -1.03. The fourth-order valence-corrected chi connectivity index (χ4v) is 7.53. The van der Waals surface area contributed by atoms with Crippen LogP contribution in [0.4, 0.5) is 0 Å². The fourth-order valence-electron chi connectivity index (χ4n) is 7.53. The number of nitrogens with one attached hydrogen (secondary N) is 1. The van der Waals surface area contributed by atoms with Crippen molar-refractivity contribution in [3.05, 3.63) is 47.8 Å². The van der Waals surface area contributed by atoms with Crippen LogP contribution in [0.25, 0.3) is 0 Å². The Balaban J connectivity index is 1.60. The van der Waals surface area contributed by atoms with Gasteiger partial charge in [0.15, 0.2) is 0 Å². The molecule has 5 rings (SSSR count). The second-order valence-electron chi connectivity index (χ2n) is 11.5. The van der Waals surface area contributed by atoms with Gasteiger partial charge in [0, 0.05) is 70.1 Å². The third kappa shape index (κ3) is 4.73. The highest BCUT2D eigenvalue weighted by Gasteiger charge is 2.70. The highest BCUT2D eigenvalue weighted by Crippen LogP contribution is 2.62. The summed E-state index contributed by atoms with van der Waals surface area (Å²) in [6.45, 7) is 4.78. The van der Waals surface area contributed by atoms with E-state index in [1.54, 1.807) is 39.7 Å². The van der Waals surface area contributed by atoms with Gasteiger partial charge in [0.25, 0.3) is 0 Å². The Hall–Kier alpha value is -2.50. The lowest BCUT2D eigenvalue weighted by Gasteiger charge is -2.49. The maximum atomic E-state index is 13.7. The van der Waals surface area contributed by atoms with Gasteiger partial charge in [-0.15, -0.1) is 0 Å². The number of hydrogen-bond donors (Lipinski definition) is 2. The standard InChI is InChI=1S/C30H41NO9/c1-16-13-17(2)30-21(19(14-36-4)28(33)38-23(16)10-12-35-3)9-8-18-24(30)25(32)20(15-37-5)26(27(18)40-30)39-29(34)22-7-6-11-31-22/h6-9,11,13,16,18-21,23-27,31-32H,10,12,14-15H2,1-5H3/b17-13+/t16-,18-,19-,20-,21-,23-,24+,25-,26-,27-,30+/m1/s1. The Morgan fingerprint density at radius 2 is 1.93 bits per heavy atom. The van der Waals surface area contributed by atoms with Crippen molar-refractivity contribution in [2.75, 3.05) is 41.2 Å². The lowest BCUT2D eigenvalue weighted by atomic mass is 9.56. The minimum Gasteiger partial charge on any atom is -0.461 e. The van der Waals surface area contributed by atoms with Gasteiger partial charge in [0.05, 0.1) is 25.2 Å². The number of aromatic nitrogens is 1. The summed E-state index contributed by atoms with van der Waals surface area (Å²) < 4.78 is 35.5. The molecule has 2 fully saturated rings. The first-order valence-electron chi connectivity index (χ1n) is 14.0. The number of methoxy groups -OCH3 is 3. The van der Waals surface area contributed by atoms with Crippen LogP contribution < -0.4 is 0 Å². The number of cyclic esters (lactones) is 1. The average molecular weight is 560 g/mol. The molecule has 0 amide bonds. The van der Waals surface area contributed by atoms with Gasteiger partial charge in [-0.3, -0.25) is 4.79 Å². The summed E-state index contributed by atoms with van der Waals surface area (Å²) in [6.07, 6.45) is 5.70. The zero-order valence-corrected chi connectivity index (χ0v) is 23.8. The van der Waals surface area contributed by atoms with E-state index in [-0.39, 0.29) is 43.0 Å². The topological polar surface area (TPSA) is 126 Å². The number of aliphatic hydroxyl groups excluding tert-OH is 1. The van der Waals surface area contributed by atoms with Gasteiger partial charge in [0.2, 0.25) is 0 Å². The van der Waals surface area contributed by atoms with Gasteiger partial charge in [-0.05, 0) is 24.6 Å². The number of hydrogen-bond acceptors (Lipinski definition) is 9. The molecule has 11 atom stereocenters. The van der Waals surface area contributed by atoms with Gasteiger partial charge in [0.1, 0.15) is 29.6 Å². The van der Waals surface area contributed by atoms with Crippen molar-refractivity contribution < 1.29 is 43.1 Å². The van der Waals surface area contributed by atoms with E-state index in [0.29, 0.717) is 18.7 Å². The minimum absolute atomic E-state index is 0.127. The van der Waals surface area contributed by atoms with Crippen LogP contribution in [0.15, 0.2) is 42.1 Å². The molecule has 10 nitrogen and oxygen atoms in total. The molecule has 2 N–H and O–H groups in total. The van der Waals surface area contributed by atoms with Gasteiger partial charge in [-0.1, -0.05) is 25.2 Å². The Bertz CT molecular complexity index is 1120. The lowest BCUT2D eigenvalue weighted by molar-refractivity contribution is -0.166. The molecule has 0 aromatic carbocycles. The summed E-state index contributed by atoms with van der Waals surface area (Å²) in [7, 11) is 4.74. The zero-order valence-electron chi connectivity index (χ0n) is 23.8. The van der Waals surface area contributed by atoms with Crippen molar-refractivity contribution in [1.29, 1.82) is 0 Å². The largest absolute Gasteiger partial charge is 0.461 e. The summed E-state index contributed by atoms with van der Waals surface area (Å²) in [5.41, 5.74) is 0.202. The molecular weight excluding hydrogens is 518 g/mol. The fraction of sp³-hybridized carbons (Fsp3) is 0.667. The maximum absolute atomic E-state index is 13.7. The van der Waals surface area contributed by atoms with E-state index in [1.165, 1.54) is 0 Å². The first-order valence-corrected chi connectivity index (χ1v) is 14.0. The Labute approximate surface area is 235 Å². The molecule has 0 unspecified atom stereocenters. The molecule has 2 aliphatic carbocycles. The van der Waals surface area contributed by atoms with Gasteiger partial charge in [-0.25, -0.2) is 4.79 Å². The molecule has 220 valence electrons. The number of aromatic amines is 1. The van der Waals surface area contributed by atoms with E-state index in [4.69, 9.17) is 28.4 Å². The highest BCUT2D eigenvalue weighted by atomic mass is 16.6. The first kappa shape index (κ1) is 29.0. The van der Waals surface area contributed by atoms with Gasteiger partial charge >= 0.3 is 11.9 Å². The van der Waals surface area contributed by atoms with Crippen LogP contribution in [0.5, 0.6) is 0 Å². The molecule has 1 saturated heterocycles. The van der Waals surface area contributed by atoms with E-state index in [9.17, 15) is 14.7 Å². The molecule has 4 aliphatic rings. The molecular formula is C30H41NO9. The van der Waals surface area contributed by atoms with Crippen LogP contribution in [0.3, 0.4) is 0 Å². The number of H-pyrrole nitrogens is 1. The summed E-state index contributed by atoms with van der Waals surface area (Å²) in [4.78, 5) is 29.7. The number of esters is 2. The molecule has 3 heterocycles. The molecule has 1 saturated carbocycles. The zero-order chi connectivity index (χ0) is 28.6. The van der Waals surface area contributed by atoms with Crippen molar-refractivity contribution in [3.63, 3.8) is 0 Å². The summed E-state index contributed by atoms with van der Waals surface area (Å²) in [5, 5.41) is 12.0. The number of ether oxygens (including phenoxy) is 6. The Morgan fingerprint density at radius 1 is 1.15 bits per heavy atom. The predicted octanol–water partition coefficient (Wildman–Crippen LogP) is 2.54. The van der Waals surface area contributed by atoms with E-state index in [2.05, 4.69) is 11.1 Å². The summed E-state index contributed by atoms with van der Waals surface area (Å²) in [6, 6.07) is 3.37. The van der Waals surface area contributed by atoms with Crippen LogP contribution in [0, 0.1) is 35.5 Å². The molecule has 1 aromatic rings. The monoisotopic (exact) mass is 559 g/mol. The van der Waals surface area contributed by atoms with Gasteiger partial charge in [-0.2, -0.15) is 0 Å². The highest BCUT2D eigenvalue weighted by molar-refractivity contribution is 5.87. The SMILES string of the molecule is COCC[C@H]1OC(=O)[C@H](COC)[C@H]2C=C[C@H]3[C@H]4O[C@]2(/C(C)=C/[C@H]1C)[C@@H]3[C@H](O)[C@@H](COC)[C@H]4OC(=O)c1ccc[nH]1. The molecule has 2 aliphatic heterocycles. The Morgan fingerprint density at radius 3 is 2.60 bits per heavy atom. The maximum Gasteiger partial charge on any atom is 0.355 e. The number of carbonyl (C=O) groups excluding carboxylic acids is 2.